The molecule has 0 saturated carbocycles. The number of benzene rings is 1. The van der Waals surface area contributed by atoms with Crippen LogP contribution in [0.5, 0.6) is 0 Å². The zero-order chi connectivity index (χ0) is 9.97. The highest BCUT2D eigenvalue weighted by molar-refractivity contribution is 14.1. The Morgan fingerprint density at radius 3 is 2.36 bits per heavy atom. The van der Waals surface area contributed by atoms with Gasteiger partial charge in [0.05, 0.1) is 0 Å². The third kappa shape index (κ3) is 2.20. The highest BCUT2D eigenvalue weighted by atomic mass is 127. The Kier molecular flexibility index (Phi) is 3.28. The molecular weight excluding hydrogens is 287 g/mol. The van der Waals surface area contributed by atoms with Crippen molar-refractivity contribution in [3.63, 3.8) is 0 Å². The van der Waals surface area contributed by atoms with E-state index < -0.39 is 0 Å². The normalized spacial score (nSPS) is 18.6. The average Bonchev–Trinajstić information content (AvgIpc) is 2.20. The topological polar surface area (TPSA) is 6.48 Å². The molecule has 0 unspecified atom stereocenters. The van der Waals surface area contributed by atoms with Crippen LogP contribution in [0.1, 0.15) is 5.56 Å². The summed E-state index contributed by atoms with van der Waals surface area (Å²) in [5.41, 5.74) is 2.78. The second-order valence-electron chi connectivity index (χ2n) is 3.68. The van der Waals surface area contributed by atoms with Crippen LogP contribution in [0.3, 0.4) is 0 Å². The molecule has 0 N–H and O–H groups in total. The van der Waals surface area contributed by atoms with Crippen LogP contribution in [0.4, 0.5) is 5.69 Å². The van der Waals surface area contributed by atoms with Gasteiger partial charge < -0.3 is 4.90 Å². The van der Waals surface area contributed by atoms with E-state index in [9.17, 15) is 0 Å². The van der Waals surface area contributed by atoms with Gasteiger partial charge >= 0.3 is 0 Å². The van der Waals surface area contributed by atoms with Crippen molar-refractivity contribution < 1.29 is 0 Å². The van der Waals surface area contributed by atoms with E-state index >= 15 is 0 Å². The molecule has 1 aliphatic heterocycles. The molecule has 0 radical (unpaired) electrons. The summed E-state index contributed by atoms with van der Waals surface area (Å²) in [5, 5.41) is 0. The number of hydrogen-bond donors (Lipinski definition) is 0. The Labute approximate surface area is 99.4 Å². The van der Waals surface area contributed by atoms with Gasteiger partial charge in [0.15, 0.2) is 0 Å². The number of aryl methyl sites for hydroxylation is 1. The minimum atomic E-state index is 1.15. The molecule has 1 aliphatic rings. The molecular formula is C11H15IN2. The summed E-state index contributed by atoms with van der Waals surface area (Å²) in [6, 6.07) is 8.64. The summed E-state index contributed by atoms with van der Waals surface area (Å²) in [6.45, 7) is 6.80. The summed E-state index contributed by atoms with van der Waals surface area (Å²) < 4.78 is 2.35. The number of para-hydroxylation sites is 1. The van der Waals surface area contributed by atoms with Crippen molar-refractivity contribution in [3.8, 4) is 0 Å². The summed E-state index contributed by atoms with van der Waals surface area (Å²) >= 11 is 2.40. The van der Waals surface area contributed by atoms with Gasteiger partial charge in [0.2, 0.25) is 0 Å². The minimum Gasteiger partial charge on any atom is -0.369 e. The summed E-state index contributed by atoms with van der Waals surface area (Å²) in [4.78, 5) is 2.48. The van der Waals surface area contributed by atoms with E-state index in [-0.39, 0.29) is 0 Å². The first-order chi connectivity index (χ1) is 6.77. The third-order valence-corrected chi connectivity index (χ3v) is 3.65. The summed E-state index contributed by atoms with van der Waals surface area (Å²) in [6.07, 6.45) is 0. The van der Waals surface area contributed by atoms with Crippen LogP contribution in [-0.4, -0.2) is 29.3 Å². The van der Waals surface area contributed by atoms with Gasteiger partial charge in [-0.15, -0.1) is 0 Å². The van der Waals surface area contributed by atoms with Gasteiger partial charge in [-0.25, -0.2) is 3.11 Å². The van der Waals surface area contributed by atoms with E-state index in [0.29, 0.717) is 0 Å². The molecule has 0 aromatic heterocycles. The lowest BCUT2D eigenvalue weighted by molar-refractivity contribution is 0.460. The number of piperazine rings is 1. The van der Waals surface area contributed by atoms with Crippen molar-refractivity contribution in [1.82, 2.24) is 3.11 Å². The molecule has 0 atom stereocenters. The van der Waals surface area contributed by atoms with Crippen LogP contribution in [0.15, 0.2) is 24.3 Å². The number of hydrogen-bond acceptors (Lipinski definition) is 2. The van der Waals surface area contributed by atoms with Crippen molar-refractivity contribution in [2.75, 3.05) is 31.1 Å². The van der Waals surface area contributed by atoms with E-state index in [1.54, 1.807) is 0 Å². The smallest absolute Gasteiger partial charge is 0.0396 e. The first-order valence-electron chi connectivity index (χ1n) is 4.98. The molecule has 0 aliphatic carbocycles. The van der Waals surface area contributed by atoms with Crippen molar-refractivity contribution in [2.24, 2.45) is 0 Å². The molecule has 1 fully saturated rings. The molecule has 1 heterocycles. The fourth-order valence-corrected chi connectivity index (χ4v) is 2.27. The van der Waals surface area contributed by atoms with Gasteiger partial charge in [-0.05, 0) is 18.6 Å². The molecule has 0 spiro atoms. The van der Waals surface area contributed by atoms with Crippen LogP contribution in [0.2, 0.25) is 0 Å². The molecule has 2 nitrogen and oxygen atoms in total. The standard InChI is InChI=1S/C11H15IN2/c1-10-4-2-3-5-11(10)13-6-8-14(12)9-7-13/h2-5H,6-9H2,1H3. The van der Waals surface area contributed by atoms with Gasteiger partial charge in [-0.3, -0.25) is 0 Å². The monoisotopic (exact) mass is 302 g/mol. The zero-order valence-electron chi connectivity index (χ0n) is 8.41. The lowest BCUT2D eigenvalue weighted by Crippen LogP contribution is -2.42. The first kappa shape index (κ1) is 10.2. The fourth-order valence-electron chi connectivity index (χ4n) is 1.84. The molecule has 1 aromatic carbocycles. The first-order valence-corrected chi connectivity index (χ1v) is 5.95. The number of halogens is 1. The van der Waals surface area contributed by atoms with Crippen LogP contribution in [0, 0.1) is 6.92 Å². The predicted octanol–water partition coefficient (Wildman–Crippen LogP) is 2.47. The lowest BCUT2D eigenvalue weighted by atomic mass is 10.1. The Morgan fingerprint density at radius 2 is 1.71 bits per heavy atom. The average molecular weight is 302 g/mol. The Bertz CT molecular complexity index is 306. The van der Waals surface area contributed by atoms with E-state index in [1.807, 2.05) is 0 Å². The summed E-state index contributed by atoms with van der Waals surface area (Å²) in [5.74, 6) is 0. The Hall–Kier alpha value is -0.290. The van der Waals surface area contributed by atoms with Crippen molar-refractivity contribution in [3.05, 3.63) is 29.8 Å². The van der Waals surface area contributed by atoms with Crippen LogP contribution in [-0.2, 0) is 0 Å². The molecule has 3 heteroatoms. The molecule has 1 saturated heterocycles. The molecule has 1 aromatic rings. The quantitative estimate of drug-likeness (QED) is 0.581. The molecule has 76 valence electrons. The molecule has 0 amide bonds. The van der Waals surface area contributed by atoms with Gasteiger partial charge in [0.25, 0.3) is 0 Å². The predicted molar refractivity (Wildman–Crippen MR) is 69.0 cm³/mol. The second kappa shape index (κ2) is 4.49. The van der Waals surface area contributed by atoms with E-state index in [2.05, 4.69) is 62.1 Å². The molecule has 14 heavy (non-hydrogen) atoms. The van der Waals surface area contributed by atoms with Gasteiger partial charge in [-0.2, -0.15) is 0 Å². The molecule has 0 bridgehead atoms. The maximum atomic E-state index is 2.48. The zero-order valence-corrected chi connectivity index (χ0v) is 10.6. The lowest BCUT2D eigenvalue weighted by Gasteiger charge is -2.33. The largest absolute Gasteiger partial charge is 0.369 e. The minimum absolute atomic E-state index is 1.15. The number of nitrogens with zero attached hydrogens (tertiary/aromatic N) is 2. The number of anilines is 1. The van der Waals surface area contributed by atoms with Crippen molar-refractivity contribution >= 4 is 28.6 Å². The second-order valence-corrected chi connectivity index (χ2v) is 5.05. The van der Waals surface area contributed by atoms with Crippen molar-refractivity contribution in [2.45, 2.75) is 6.92 Å². The third-order valence-electron chi connectivity index (χ3n) is 2.68. The van der Waals surface area contributed by atoms with Crippen molar-refractivity contribution in [1.29, 1.82) is 0 Å². The van der Waals surface area contributed by atoms with Gasteiger partial charge in [0.1, 0.15) is 0 Å². The van der Waals surface area contributed by atoms with Gasteiger partial charge in [-0.1, -0.05) is 18.2 Å². The van der Waals surface area contributed by atoms with E-state index in [1.165, 1.54) is 11.3 Å². The van der Waals surface area contributed by atoms with Gasteiger partial charge in [0, 0.05) is 54.7 Å². The Balaban J connectivity index is 2.12. The highest BCUT2D eigenvalue weighted by Gasteiger charge is 2.15. The maximum Gasteiger partial charge on any atom is 0.0396 e. The molecule has 2 rings (SSSR count). The summed E-state index contributed by atoms with van der Waals surface area (Å²) in [7, 11) is 0. The van der Waals surface area contributed by atoms with E-state index in [4.69, 9.17) is 0 Å². The van der Waals surface area contributed by atoms with Crippen LogP contribution >= 0.6 is 22.9 Å². The Morgan fingerprint density at radius 1 is 1.07 bits per heavy atom. The highest BCUT2D eigenvalue weighted by Crippen LogP contribution is 2.21. The van der Waals surface area contributed by atoms with E-state index in [0.717, 1.165) is 26.2 Å². The number of rotatable bonds is 1. The fraction of sp³-hybridized carbons (Fsp3) is 0.455. The SMILES string of the molecule is Cc1ccccc1N1CCN(I)CC1. The van der Waals surface area contributed by atoms with Crippen LogP contribution < -0.4 is 4.90 Å². The van der Waals surface area contributed by atoms with Crippen LogP contribution in [0.25, 0.3) is 0 Å². The maximum absolute atomic E-state index is 2.48.